The van der Waals surface area contributed by atoms with Crippen molar-refractivity contribution in [3.63, 3.8) is 0 Å². The van der Waals surface area contributed by atoms with Gasteiger partial charge in [-0.2, -0.15) is 0 Å². The third kappa shape index (κ3) is 22.1. The maximum absolute atomic E-state index is 14.1. The summed E-state index contributed by atoms with van der Waals surface area (Å²) in [5.74, 6) is 1.23. The van der Waals surface area contributed by atoms with Crippen LogP contribution in [-0.2, 0) is 37.6 Å². The zero-order valence-corrected chi connectivity index (χ0v) is 78.1. The van der Waals surface area contributed by atoms with Crippen molar-refractivity contribution in [2.24, 2.45) is 40.4 Å². The van der Waals surface area contributed by atoms with Crippen molar-refractivity contribution in [1.82, 2.24) is 39.2 Å². The smallest absolute Gasteiger partial charge is 0.277 e. The number of aromatic nitrogens is 4. The average Bonchev–Trinajstić information content (AvgIpc) is 0.923. The first-order valence-electron chi connectivity index (χ1n) is 45.8. The fourth-order valence-electron chi connectivity index (χ4n) is 20.1. The van der Waals surface area contributed by atoms with E-state index >= 15 is 0 Å². The molecule has 8 aliphatic rings. The summed E-state index contributed by atoms with van der Waals surface area (Å²) in [6.07, 6.45) is 23.6. The molecular formula is C100H114Cl2N12O15S2. The molecular weight excluding hydrogens is 1740 g/mol. The lowest BCUT2D eigenvalue weighted by molar-refractivity contribution is -0.386. The quantitative estimate of drug-likeness (QED) is 0.0305. The third-order valence-corrected chi connectivity index (χ3v) is 30.8. The summed E-state index contributed by atoms with van der Waals surface area (Å²) in [7, 11) is -9.25. The number of carbonyl (C=O) groups excluding carboxylic acids is 2. The number of halogens is 2. The number of anilines is 2. The zero-order valence-electron chi connectivity index (χ0n) is 75.0. The molecule has 4 N–H and O–H groups in total. The second-order valence-electron chi connectivity index (χ2n) is 38.7. The molecule has 2 saturated heterocycles. The molecule has 10 aromatic rings. The Morgan fingerprint density at radius 3 is 1.47 bits per heavy atom. The van der Waals surface area contributed by atoms with Gasteiger partial charge in [0, 0.05) is 152 Å². The number of sulfonamides is 2. The Morgan fingerprint density at radius 1 is 0.527 bits per heavy atom. The highest BCUT2D eigenvalue weighted by atomic mass is 35.5. The molecule has 131 heavy (non-hydrogen) atoms. The van der Waals surface area contributed by atoms with Crippen LogP contribution in [0, 0.1) is 60.6 Å². The number of rotatable bonds is 25. The molecule has 4 aliphatic carbocycles. The zero-order chi connectivity index (χ0) is 91.6. The largest absolute Gasteiger partial charge is 0.493 e. The van der Waals surface area contributed by atoms with Crippen LogP contribution in [0.4, 0.5) is 22.7 Å². The minimum absolute atomic E-state index is 0.0318. The minimum atomic E-state index is -4.64. The number of allylic oxidation sites excluding steroid dienone is 2. The van der Waals surface area contributed by atoms with E-state index in [1.54, 1.807) is 60.9 Å². The molecule has 18 rings (SSSR count). The molecule has 2 saturated carbocycles. The summed E-state index contributed by atoms with van der Waals surface area (Å²) in [6, 6.07) is 38.4. The summed E-state index contributed by atoms with van der Waals surface area (Å²) in [5.41, 5.74) is 11.5. The van der Waals surface area contributed by atoms with E-state index in [0.717, 1.165) is 199 Å². The highest BCUT2D eigenvalue weighted by Crippen LogP contribution is 2.48. The molecule has 0 spiro atoms. The molecule has 0 radical (unpaired) electrons. The minimum Gasteiger partial charge on any atom is -0.493 e. The lowest BCUT2D eigenvalue weighted by Crippen LogP contribution is -2.47. The van der Waals surface area contributed by atoms with Crippen LogP contribution in [0.1, 0.15) is 181 Å². The molecule has 0 bridgehead atoms. The first-order valence-corrected chi connectivity index (χ1v) is 49.6. The summed E-state index contributed by atoms with van der Waals surface area (Å²) in [6.45, 7) is 22.8. The highest BCUT2D eigenvalue weighted by Gasteiger charge is 2.39. The number of aromatic amines is 2. The monoisotopic (exact) mass is 1860 g/mol. The number of hydrogen-bond acceptors (Lipinski definition) is 21. The van der Waals surface area contributed by atoms with Gasteiger partial charge in [0.05, 0.1) is 80.2 Å². The Kier molecular flexibility index (Phi) is 27.4. The van der Waals surface area contributed by atoms with E-state index in [2.05, 4.69) is 115 Å². The van der Waals surface area contributed by atoms with Gasteiger partial charge in [-0.25, -0.2) is 36.2 Å². The molecule has 8 heterocycles. The lowest BCUT2D eigenvalue weighted by Gasteiger charge is -2.39. The van der Waals surface area contributed by atoms with Crippen LogP contribution in [0.15, 0.2) is 179 Å². The van der Waals surface area contributed by atoms with Gasteiger partial charge in [0.15, 0.2) is 0 Å². The molecule has 4 aliphatic heterocycles. The van der Waals surface area contributed by atoms with Crippen LogP contribution in [0.5, 0.6) is 34.5 Å². The van der Waals surface area contributed by atoms with Gasteiger partial charge in [-0.1, -0.05) is 126 Å². The van der Waals surface area contributed by atoms with E-state index in [-0.39, 0.29) is 80.9 Å². The number of amides is 2. The average molecular weight is 1860 g/mol. The Balaban J connectivity index is 0.000000183. The second-order valence-corrected chi connectivity index (χ2v) is 42.9. The third-order valence-electron chi connectivity index (χ3n) is 27.7. The fourth-order valence-corrected chi connectivity index (χ4v) is 22.4. The number of nitrogens with one attached hydrogen (secondary N) is 4. The maximum Gasteiger partial charge on any atom is 0.277 e. The molecule has 31 heteroatoms. The highest BCUT2D eigenvalue weighted by molar-refractivity contribution is 7.90. The van der Waals surface area contributed by atoms with Crippen LogP contribution in [0.25, 0.3) is 33.2 Å². The van der Waals surface area contributed by atoms with Gasteiger partial charge in [-0.3, -0.25) is 39.6 Å². The van der Waals surface area contributed by atoms with Gasteiger partial charge in [-0.05, 0) is 213 Å². The molecule has 6 aromatic carbocycles. The maximum atomic E-state index is 14.1. The number of nitro groups is 2. The number of hydrogen-bond donors (Lipinski definition) is 4. The predicted octanol–water partition coefficient (Wildman–Crippen LogP) is 20.6. The number of nitro benzene ring substituents is 2. The molecule has 27 nitrogen and oxygen atoms in total. The normalized spacial score (nSPS) is 21.3. The van der Waals surface area contributed by atoms with Crippen LogP contribution < -0.4 is 38.2 Å². The number of benzene rings is 6. The Morgan fingerprint density at radius 2 is 0.977 bits per heavy atom. The summed E-state index contributed by atoms with van der Waals surface area (Å²) in [4.78, 5) is 75.4. The van der Waals surface area contributed by atoms with Gasteiger partial charge in [0.25, 0.3) is 43.2 Å². The Hall–Kier alpha value is -10.9. The number of carbonyl (C=O) groups is 2. The first-order chi connectivity index (χ1) is 62.8. The van der Waals surface area contributed by atoms with Crippen LogP contribution in [0.2, 0.25) is 10.0 Å². The van der Waals surface area contributed by atoms with Crippen molar-refractivity contribution in [1.29, 1.82) is 0 Å². The number of piperazine rings is 2. The van der Waals surface area contributed by atoms with E-state index in [1.165, 1.54) is 70.8 Å². The van der Waals surface area contributed by atoms with E-state index in [9.17, 15) is 46.7 Å². The lowest BCUT2D eigenvalue weighted by atomic mass is 9.72. The first kappa shape index (κ1) is 92.0. The van der Waals surface area contributed by atoms with Gasteiger partial charge in [0.2, 0.25) is 0 Å². The summed E-state index contributed by atoms with van der Waals surface area (Å²) in [5, 5.41) is 27.8. The number of ether oxygens (including phenoxy) is 5. The van der Waals surface area contributed by atoms with Crippen molar-refractivity contribution in [2.45, 2.75) is 167 Å². The van der Waals surface area contributed by atoms with Gasteiger partial charge in [0.1, 0.15) is 45.8 Å². The number of nitrogens with zero attached hydrogens (tertiary/aromatic N) is 8. The number of H-pyrrole nitrogens is 2. The molecule has 2 atom stereocenters. The fraction of sp³-hybridized carbons (Fsp3) is 0.440. The number of fused-ring (bicyclic) bond motifs is 4. The number of pyridine rings is 2. The van der Waals surface area contributed by atoms with Crippen molar-refractivity contribution in [3.05, 3.63) is 233 Å². The van der Waals surface area contributed by atoms with Crippen LogP contribution in [0.3, 0.4) is 0 Å². The van der Waals surface area contributed by atoms with Crippen molar-refractivity contribution >= 4 is 111 Å². The predicted molar refractivity (Wildman–Crippen MR) is 509 cm³/mol. The second kappa shape index (κ2) is 39.1. The van der Waals surface area contributed by atoms with E-state index in [0.29, 0.717) is 71.8 Å². The Bertz CT molecular complexity index is 6250. The van der Waals surface area contributed by atoms with Crippen LogP contribution >= 0.6 is 23.2 Å². The standard InChI is InChI=1S/C50H57ClN6O8S.C50H57ClN6O7S/c1-32-4-11-39(12-5-32)63-30-33-22-44-45(57(59)60)25-41(26-46(44)64-31-33)66(61,62)54-49(58)43-13-10-38(24-47(43)65-40-23-35-15-17-52-48(35)53-28-40)56-20-18-55(19-21-56)29-36-27-50(2,3)16-14-42(36)34-6-8-37(51)9-7-34;1-32-4-6-33(7-5-32)22-34-23-43-45(57(59)60)26-41(27-46(43)63-31-34)65(61,62)54-49(58)42-13-12-39(25-47(42)64-40-24-36-15-17-52-48(36)53-29-40)56-20-18-55(19-21-56)30-37-14-16-50(2,3)28-44(37)35-8-10-38(51)11-9-35/h6-10,13,15,17,23-26,28,32-33,39H,4-5,11-12,14,16,18-22,27,29-31H2,1-3H3,(H,52,53)(H,54,58);8-13,15,17,24-27,29,32-34H,4-7,14,16,18-23,28,30-31H2,1-3H3,(H,52,53)(H,54,58)/t32?,33-,39?;32?,33?,34-/m11/s1. The van der Waals surface area contributed by atoms with E-state index < -0.39 is 51.5 Å². The van der Waals surface area contributed by atoms with Crippen LogP contribution in [-0.4, -0.2) is 160 Å². The Labute approximate surface area is 774 Å². The molecule has 4 aromatic heterocycles. The summed E-state index contributed by atoms with van der Waals surface area (Å²) >= 11 is 12.5. The molecule has 0 unspecified atom stereocenters. The van der Waals surface area contributed by atoms with Crippen molar-refractivity contribution < 1.29 is 60.0 Å². The van der Waals surface area contributed by atoms with Crippen molar-refractivity contribution in [2.75, 3.05) is 95.1 Å². The molecule has 690 valence electrons. The van der Waals surface area contributed by atoms with Gasteiger partial charge in [-0.15, -0.1) is 0 Å². The van der Waals surface area contributed by atoms with E-state index in [4.69, 9.17) is 46.9 Å². The van der Waals surface area contributed by atoms with E-state index in [1.807, 2.05) is 36.4 Å². The summed E-state index contributed by atoms with van der Waals surface area (Å²) < 4.78 is 91.1. The van der Waals surface area contributed by atoms with Gasteiger partial charge >= 0.3 is 0 Å². The SMILES string of the molecule is CC1CCC(C[C@H]2COc3cc(S(=O)(=O)NC(=O)c4ccc(N5CCN(CC6=C(c7ccc(Cl)cc7)CC(C)(C)CC6)CC5)cc4Oc4cnc5[nH]ccc5c4)cc([N+](=O)[O-])c3C2)CC1.CC1CCC(OC[C@@H]2COc3cc(S(=O)(=O)NC(=O)c4ccc(N5CCN(CC6=C(c7ccc(Cl)cc7)CCC(C)(C)C6)CC5)cc4Oc4cnc5[nH]ccc5c4)cc([N+](=O)[O-])c3C2)CC1. The molecule has 2 amide bonds. The molecule has 4 fully saturated rings. The van der Waals surface area contributed by atoms with Gasteiger partial charge < -0.3 is 43.5 Å². The topological polar surface area (TPSA) is 329 Å². The van der Waals surface area contributed by atoms with Crippen molar-refractivity contribution in [3.8, 4) is 34.5 Å².